The van der Waals surface area contributed by atoms with Gasteiger partial charge >= 0.3 is 5.69 Å². The van der Waals surface area contributed by atoms with Crippen LogP contribution in [0.5, 0.6) is 0 Å². The molecule has 0 radical (unpaired) electrons. The maximum absolute atomic E-state index is 13.1. The zero-order valence-corrected chi connectivity index (χ0v) is 15.4. The Labute approximate surface area is 163 Å². The molecule has 2 aromatic carbocycles. The van der Waals surface area contributed by atoms with Crippen LogP contribution in [-0.2, 0) is 17.8 Å². The molecular formula is C19H16N6O4. The molecule has 0 aliphatic carbocycles. The molecule has 0 aliphatic rings. The predicted molar refractivity (Wildman–Crippen MR) is 106 cm³/mol. The number of non-ortho nitro benzene ring substituents is 1. The molecule has 2 aromatic heterocycles. The number of benzene rings is 2. The molecule has 146 valence electrons. The number of anilines is 1. The fourth-order valence-corrected chi connectivity index (χ4v) is 3.21. The molecule has 29 heavy (non-hydrogen) atoms. The van der Waals surface area contributed by atoms with Crippen LogP contribution in [0.2, 0.25) is 0 Å². The van der Waals surface area contributed by atoms with E-state index < -0.39 is 16.5 Å². The van der Waals surface area contributed by atoms with Gasteiger partial charge in [0, 0.05) is 29.6 Å². The number of para-hydroxylation sites is 1. The fraction of sp³-hybridized carbons (Fsp3) is 0.158. The summed E-state index contributed by atoms with van der Waals surface area (Å²) in [5.74, 6) is 0.0804. The Kier molecular flexibility index (Phi) is 4.51. The standard InChI is InChI=1S/C19H16N6O4/c1-2-16-21-22-18-14-5-3-4-6-15(14)23(19(27)24(16)18)11-17(26)20-12-7-9-13(10-8-12)25(28)29/h3-10H,2,11H2,1H3,(H,20,26). The summed E-state index contributed by atoms with van der Waals surface area (Å²) in [4.78, 5) is 35.9. The molecule has 0 spiro atoms. The minimum atomic E-state index is -0.517. The number of hydrogen-bond donors (Lipinski definition) is 1. The summed E-state index contributed by atoms with van der Waals surface area (Å²) in [5, 5.41) is 22.3. The third-order valence-electron chi connectivity index (χ3n) is 4.57. The quantitative estimate of drug-likeness (QED) is 0.410. The van der Waals surface area contributed by atoms with E-state index in [9.17, 15) is 19.7 Å². The Morgan fingerprint density at radius 1 is 1.14 bits per heavy atom. The monoisotopic (exact) mass is 392 g/mol. The molecule has 0 saturated carbocycles. The second kappa shape index (κ2) is 7.15. The Morgan fingerprint density at radius 2 is 1.86 bits per heavy atom. The lowest BCUT2D eigenvalue weighted by atomic mass is 10.2. The van der Waals surface area contributed by atoms with E-state index in [1.165, 1.54) is 33.2 Å². The number of amides is 1. The highest BCUT2D eigenvalue weighted by atomic mass is 16.6. The molecule has 0 atom stereocenters. The average molecular weight is 392 g/mol. The summed E-state index contributed by atoms with van der Waals surface area (Å²) in [5.41, 5.74) is 0.945. The van der Waals surface area contributed by atoms with Gasteiger partial charge in [0.15, 0.2) is 5.65 Å². The summed E-state index contributed by atoms with van der Waals surface area (Å²) in [6, 6.07) is 12.7. The van der Waals surface area contributed by atoms with Gasteiger partial charge < -0.3 is 5.32 Å². The molecule has 4 rings (SSSR count). The van der Waals surface area contributed by atoms with Crippen LogP contribution in [0.4, 0.5) is 11.4 Å². The van der Waals surface area contributed by atoms with E-state index in [1.807, 2.05) is 19.1 Å². The summed E-state index contributed by atoms with van der Waals surface area (Å²) in [7, 11) is 0. The highest BCUT2D eigenvalue weighted by Crippen LogP contribution is 2.18. The van der Waals surface area contributed by atoms with Gasteiger partial charge in [-0.15, -0.1) is 10.2 Å². The van der Waals surface area contributed by atoms with Gasteiger partial charge in [-0.05, 0) is 24.3 Å². The lowest BCUT2D eigenvalue weighted by Crippen LogP contribution is -2.32. The van der Waals surface area contributed by atoms with Crippen molar-refractivity contribution in [2.24, 2.45) is 0 Å². The molecule has 0 bridgehead atoms. The van der Waals surface area contributed by atoms with Crippen molar-refractivity contribution in [2.45, 2.75) is 19.9 Å². The Balaban J connectivity index is 1.73. The predicted octanol–water partition coefficient (Wildman–Crippen LogP) is 2.15. The molecule has 2 heterocycles. The third-order valence-corrected chi connectivity index (χ3v) is 4.57. The number of aromatic nitrogens is 4. The lowest BCUT2D eigenvalue weighted by Gasteiger charge is -2.12. The lowest BCUT2D eigenvalue weighted by molar-refractivity contribution is -0.384. The van der Waals surface area contributed by atoms with E-state index >= 15 is 0 Å². The topological polar surface area (TPSA) is 124 Å². The van der Waals surface area contributed by atoms with Crippen LogP contribution in [0.3, 0.4) is 0 Å². The van der Waals surface area contributed by atoms with Gasteiger partial charge in [0.2, 0.25) is 5.91 Å². The van der Waals surface area contributed by atoms with Crippen molar-refractivity contribution in [1.82, 2.24) is 19.2 Å². The average Bonchev–Trinajstić information content (AvgIpc) is 3.16. The third kappa shape index (κ3) is 3.20. The SMILES string of the molecule is CCc1nnc2c3ccccc3n(CC(=O)Nc3ccc([N+](=O)[O-])cc3)c(=O)n12. The number of rotatable bonds is 5. The van der Waals surface area contributed by atoms with Gasteiger partial charge in [0.1, 0.15) is 12.4 Å². The van der Waals surface area contributed by atoms with E-state index in [-0.39, 0.29) is 12.2 Å². The number of aryl methyl sites for hydroxylation is 1. The number of nitro benzene ring substituents is 1. The first kappa shape index (κ1) is 18.3. The van der Waals surface area contributed by atoms with Crippen LogP contribution < -0.4 is 11.0 Å². The zero-order chi connectivity index (χ0) is 20.5. The van der Waals surface area contributed by atoms with Crippen LogP contribution in [0.15, 0.2) is 53.3 Å². The molecule has 0 saturated heterocycles. The normalized spacial score (nSPS) is 11.1. The number of nitrogens with one attached hydrogen (secondary N) is 1. The highest BCUT2D eigenvalue weighted by molar-refractivity contribution is 5.94. The van der Waals surface area contributed by atoms with Gasteiger partial charge in [-0.25, -0.2) is 9.20 Å². The van der Waals surface area contributed by atoms with Crippen LogP contribution >= 0.6 is 0 Å². The summed E-state index contributed by atoms with van der Waals surface area (Å²) < 4.78 is 2.78. The van der Waals surface area contributed by atoms with E-state index in [4.69, 9.17) is 0 Å². The second-order valence-electron chi connectivity index (χ2n) is 6.37. The Morgan fingerprint density at radius 3 is 2.55 bits per heavy atom. The van der Waals surface area contributed by atoms with Crippen molar-refractivity contribution in [3.63, 3.8) is 0 Å². The van der Waals surface area contributed by atoms with Gasteiger partial charge in [-0.3, -0.25) is 19.5 Å². The van der Waals surface area contributed by atoms with Crippen molar-refractivity contribution >= 4 is 33.8 Å². The fourth-order valence-electron chi connectivity index (χ4n) is 3.21. The number of carbonyl (C=O) groups excluding carboxylic acids is 1. The van der Waals surface area contributed by atoms with Crippen LogP contribution in [0, 0.1) is 10.1 Å². The van der Waals surface area contributed by atoms with Gasteiger partial charge in [-0.2, -0.15) is 0 Å². The Hall–Kier alpha value is -4.08. The first-order valence-electron chi connectivity index (χ1n) is 8.89. The zero-order valence-electron chi connectivity index (χ0n) is 15.4. The molecule has 1 N–H and O–H groups in total. The van der Waals surface area contributed by atoms with Crippen molar-refractivity contribution in [1.29, 1.82) is 0 Å². The van der Waals surface area contributed by atoms with Crippen LogP contribution in [-0.4, -0.2) is 30.0 Å². The van der Waals surface area contributed by atoms with Crippen molar-refractivity contribution in [2.75, 3.05) is 5.32 Å². The number of nitrogens with zero attached hydrogens (tertiary/aromatic N) is 5. The second-order valence-corrected chi connectivity index (χ2v) is 6.37. The molecular weight excluding hydrogens is 376 g/mol. The van der Waals surface area contributed by atoms with Gasteiger partial charge in [0.05, 0.1) is 10.4 Å². The van der Waals surface area contributed by atoms with E-state index in [0.29, 0.717) is 34.5 Å². The van der Waals surface area contributed by atoms with Crippen LogP contribution in [0.1, 0.15) is 12.7 Å². The molecule has 0 unspecified atom stereocenters. The summed E-state index contributed by atoms with van der Waals surface area (Å²) in [6.07, 6.45) is 0.518. The first-order chi connectivity index (χ1) is 14.0. The molecule has 1 amide bonds. The summed E-state index contributed by atoms with van der Waals surface area (Å²) >= 11 is 0. The first-order valence-corrected chi connectivity index (χ1v) is 8.89. The van der Waals surface area contributed by atoms with E-state index in [1.54, 1.807) is 12.1 Å². The molecule has 0 aliphatic heterocycles. The number of hydrogen-bond acceptors (Lipinski definition) is 6. The maximum atomic E-state index is 13.1. The molecule has 10 nitrogen and oxygen atoms in total. The maximum Gasteiger partial charge on any atom is 0.336 e. The van der Waals surface area contributed by atoms with E-state index in [2.05, 4.69) is 15.5 Å². The highest BCUT2D eigenvalue weighted by Gasteiger charge is 2.17. The smallest absolute Gasteiger partial charge is 0.325 e. The number of carbonyl (C=O) groups is 1. The van der Waals surface area contributed by atoms with Gasteiger partial charge in [0.25, 0.3) is 5.69 Å². The van der Waals surface area contributed by atoms with E-state index in [0.717, 1.165) is 0 Å². The number of nitro groups is 1. The van der Waals surface area contributed by atoms with Crippen molar-refractivity contribution in [3.8, 4) is 0 Å². The molecule has 4 aromatic rings. The van der Waals surface area contributed by atoms with Crippen LogP contribution in [0.25, 0.3) is 16.6 Å². The minimum absolute atomic E-state index is 0.0737. The van der Waals surface area contributed by atoms with Gasteiger partial charge in [-0.1, -0.05) is 19.1 Å². The molecule has 10 heteroatoms. The largest absolute Gasteiger partial charge is 0.336 e. The van der Waals surface area contributed by atoms with Crippen molar-refractivity contribution in [3.05, 3.63) is 75.0 Å². The molecule has 0 fully saturated rings. The summed E-state index contributed by atoms with van der Waals surface area (Å²) in [6.45, 7) is 1.64. The number of fused-ring (bicyclic) bond motifs is 3. The minimum Gasteiger partial charge on any atom is -0.325 e. The Bertz CT molecular complexity index is 1310. The van der Waals surface area contributed by atoms with Crippen molar-refractivity contribution < 1.29 is 9.72 Å².